The number of hydrogen-bond donors (Lipinski definition) is 2. The number of carbonyl (C=O) groups excluding carboxylic acids is 2. The maximum absolute atomic E-state index is 14.1. The van der Waals surface area contributed by atoms with Gasteiger partial charge in [-0.15, -0.1) is 0 Å². The number of para-hydroxylation sites is 1. The summed E-state index contributed by atoms with van der Waals surface area (Å²) in [7, 11) is 1.78. The van der Waals surface area contributed by atoms with E-state index < -0.39 is 6.04 Å². The molecule has 2 amide bonds. The van der Waals surface area contributed by atoms with Crippen LogP contribution in [0, 0.1) is 0 Å². The number of ether oxygens (including phenoxy) is 3. The first-order valence-corrected chi connectivity index (χ1v) is 17.5. The van der Waals surface area contributed by atoms with Gasteiger partial charge in [-0.25, -0.2) is 0 Å². The molecule has 2 fully saturated rings. The van der Waals surface area contributed by atoms with Crippen LogP contribution >= 0.6 is 0 Å². The Bertz CT molecular complexity index is 1430. The molecular weight excluding hydrogens is 594 g/mol. The minimum absolute atomic E-state index is 0.119. The average Bonchev–Trinajstić information content (AvgIpc) is 3.49. The van der Waals surface area contributed by atoms with Crippen molar-refractivity contribution in [3.05, 3.63) is 53.7 Å². The summed E-state index contributed by atoms with van der Waals surface area (Å²) in [5.74, 6) is 1.47. The van der Waals surface area contributed by atoms with Gasteiger partial charge in [0, 0.05) is 56.2 Å². The number of rotatable bonds is 15. The highest BCUT2D eigenvalue weighted by Gasteiger charge is 2.29. The number of piperidine rings is 2. The normalized spacial score (nSPS) is 16.9. The lowest BCUT2D eigenvalue weighted by Gasteiger charge is -2.40. The standard InChI is InChI=1S/C37H53N5O5/c1-5-45-33-21-27(22-34(46-6-2)36(33)47-7-3)25-40(4)37(44)32(23-28-24-38-31-14-10-9-13-30(28)31)39-35(43)26-41-19-15-29(16-20-41)42-17-11-8-12-18-42/h9-10,13-14,21-22,24,29,32,38H,5-8,11-12,15-20,23,25-26H2,1-4H3,(H,39,43). The fourth-order valence-corrected chi connectivity index (χ4v) is 7.04. The van der Waals surface area contributed by atoms with Gasteiger partial charge in [0.05, 0.1) is 26.4 Å². The molecule has 2 aliphatic heterocycles. The Balaban J connectivity index is 1.29. The minimum Gasteiger partial charge on any atom is -0.490 e. The third kappa shape index (κ3) is 8.99. The van der Waals surface area contributed by atoms with Crippen molar-refractivity contribution in [2.45, 2.75) is 77.9 Å². The lowest BCUT2D eigenvalue weighted by molar-refractivity contribution is -0.136. The molecule has 1 aromatic heterocycles. The van der Waals surface area contributed by atoms with Gasteiger partial charge in [-0.2, -0.15) is 0 Å². The zero-order chi connectivity index (χ0) is 33.2. The van der Waals surface area contributed by atoms with Crippen LogP contribution in [-0.2, 0) is 22.6 Å². The lowest BCUT2D eigenvalue weighted by atomic mass is 10.00. The van der Waals surface area contributed by atoms with Crippen LogP contribution in [0.2, 0.25) is 0 Å². The third-order valence-electron chi connectivity index (χ3n) is 9.33. The molecule has 0 saturated carbocycles. The van der Waals surface area contributed by atoms with Crippen molar-refractivity contribution in [1.82, 2.24) is 25.0 Å². The second kappa shape index (κ2) is 16.9. The molecule has 0 radical (unpaired) electrons. The second-order valence-corrected chi connectivity index (χ2v) is 12.7. The van der Waals surface area contributed by atoms with Gasteiger partial charge in [-0.05, 0) is 88.9 Å². The van der Waals surface area contributed by atoms with E-state index >= 15 is 0 Å². The van der Waals surface area contributed by atoms with E-state index in [0.717, 1.165) is 48.0 Å². The van der Waals surface area contributed by atoms with Crippen molar-refractivity contribution in [1.29, 1.82) is 0 Å². The summed E-state index contributed by atoms with van der Waals surface area (Å²) >= 11 is 0. The summed E-state index contributed by atoms with van der Waals surface area (Å²) in [5, 5.41) is 4.18. The molecule has 3 heterocycles. The maximum Gasteiger partial charge on any atom is 0.245 e. The second-order valence-electron chi connectivity index (χ2n) is 12.7. The molecule has 5 rings (SSSR count). The van der Waals surface area contributed by atoms with Gasteiger partial charge in [-0.1, -0.05) is 24.6 Å². The average molecular weight is 648 g/mol. The van der Waals surface area contributed by atoms with Crippen molar-refractivity contribution in [3.8, 4) is 17.2 Å². The molecule has 1 unspecified atom stereocenters. The van der Waals surface area contributed by atoms with Crippen LogP contribution in [0.3, 0.4) is 0 Å². The molecule has 10 nitrogen and oxygen atoms in total. The van der Waals surface area contributed by atoms with E-state index in [1.807, 2.05) is 63.4 Å². The molecule has 0 aliphatic carbocycles. The van der Waals surface area contributed by atoms with Crippen LogP contribution in [0.5, 0.6) is 17.2 Å². The number of hydrogen-bond acceptors (Lipinski definition) is 7. The highest BCUT2D eigenvalue weighted by molar-refractivity contribution is 5.90. The lowest BCUT2D eigenvalue weighted by Crippen LogP contribution is -2.52. The summed E-state index contributed by atoms with van der Waals surface area (Å²) in [6, 6.07) is 11.7. The van der Waals surface area contributed by atoms with Gasteiger partial charge in [0.2, 0.25) is 17.6 Å². The first-order chi connectivity index (χ1) is 22.9. The number of amides is 2. The van der Waals surface area contributed by atoms with Crippen molar-refractivity contribution in [2.24, 2.45) is 0 Å². The van der Waals surface area contributed by atoms with E-state index in [2.05, 4.69) is 20.1 Å². The molecule has 10 heteroatoms. The smallest absolute Gasteiger partial charge is 0.245 e. The number of aromatic nitrogens is 1. The third-order valence-corrected chi connectivity index (χ3v) is 9.33. The molecule has 0 bridgehead atoms. The van der Waals surface area contributed by atoms with Gasteiger partial charge in [-0.3, -0.25) is 14.5 Å². The molecule has 2 aromatic carbocycles. The van der Waals surface area contributed by atoms with Crippen molar-refractivity contribution in [3.63, 3.8) is 0 Å². The number of carbonyl (C=O) groups is 2. The predicted molar refractivity (Wildman–Crippen MR) is 185 cm³/mol. The number of nitrogens with one attached hydrogen (secondary N) is 2. The van der Waals surface area contributed by atoms with Gasteiger partial charge < -0.3 is 34.3 Å². The molecule has 1 atom stereocenters. The van der Waals surface area contributed by atoms with Gasteiger partial charge >= 0.3 is 0 Å². The number of likely N-dealkylation sites (N-methyl/N-ethyl adjacent to an activating group) is 1. The number of fused-ring (bicyclic) bond motifs is 1. The first-order valence-electron chi connectivity index (χ1n) is 17.5. The Kier molecular flexibility index (Phi) is 12.4. The van der Waals surface area contributed by atoms with Crippen molar-refractivity contribution in [2.75, 3.05) is 59.6 Å². The molecule has 2 aliphatic rings. The van der Waals surface area contributed by atoms with Crippen molar-refractivity contribution >= 4 is 22.7 Å². The Morgan fingerprint density at radius 2 is 1.60 bits per heavy atom. The number of likely N-dealkylation sites (tertiary alicyclic amines) is 2. The van der Waals surface area contributed by atoms with Gasteiger partial charge in [0.25, 0.3) is 0 Å². The summed E-state index contributed by atoms with van der Waals surface area (Å²) in [4.78, 5) is 37.5. The summed E-state index contributed by atoms with van der Waals surface area (Å²) in [6.45, 7) is 12.0. The molecule has 2 saturated heterocycles. The van der Waals surface area contributed by atoms with Crippen LogP contribution in [0.1, 0.15) is 64.0 Å². The summed E-state index contributed by atoms with van der Waals surface area (Å²) in [5.41, 5.74) is 2.85. The number of nitrogens with zero attached hydrogens (tertiary/aromatic N) is 3. The van der Waals surface area contributed by atoms with Crippen LogP contribution in [0.15, 0.2) is 42.6 Å². The molecule has 256 valence electrons. The Labute approximate surface area is 279 Å². The van der Waals surface area contributed by atoms with Gasteiger partial charge in [0.1, 0.15) is 6.04 Å². The Morgan fingerprint density at radius 1 is 0.936 bits per heavy atom. The van der Waals surface area contributed by atoms with E-state index in [9.17, 15) is 9.59 Å². The van der Waals surface area contributed by atoms with Crippen LogP contribution in [-0.4, -0.2) is 103 Å². The topological polar surface area (TPSA) is 99.4 Å². The number of benzene rings is 2. The highest BCUT2D eigenvalue weighted by atomic mass is 16.5. The molecule has 0 spiro atoms. The Hall–Kier alpha value is -3.76. The zero-order valence-corrected chi connectivity index (χ0v) is 28.7. The van der Waals surface area contributed by atoms with Crippen LogP contribution < -0.4 is 19.5 Å². The monoisotopic (exact) mass is 647 g/mol. The van der Waals surface area contributed by atoms with Crippen molar-refractivity contribution < 1.29 is 23.8 Å². The quantitative estimate of drug-likeness (QED) is 0.240. The van der Waals surface area contributed by atoms with E-state index in [4.69, 9.17) is 14.2 Å². The molecular formula is C37H53N5O5. The van der Waals surface area contributed by atoms with Crippen LogP contribution in [0.4, 0.5) is 0 Å². The molecule has 3 aromatic rings. The number of H-pyrrole nitrogens is 1. The van der Waals surface area contributed by atoms with Gasteiger partial charge in [0.15, 0.2) is 11.5 Å². The zero-order valence-electron chi connectivity index (χ0n) is 28.7. The maximum atomic E-state index is 14.1. The van der Waals surface area contributed by atoms with E-state index in [1.54, 1.807) is 11.9 Å². The highest BCUT2D eigenvalue weighted by Crippen LogP contribution is 2.39. The SMILES string of the molecule is CCOc1cc(CN(C)C(=O)C(Cc2c[nH]c3ccccc23)NC(=O)CN2CCC(N3CCCCC3)CC2)cc(OCC)c1OCC. The van der Waals surface area contributed by atoms with Crippen LogP contribution in [0.25, 0.3) is 10.9 Å². The summed E-state index contributed by atoms with van der Waals surface area (Å²) in [6.07, 6.45) is 8.43. The summed E-state index contributed by atoms with van der Waals surface area (Å²) < 4.78 is 17.7. The number of aromatic amines is 1. The van der Waals surface area contributed by atoms with E-state index in [1.165, 1.54) is 32.4 Å². The Morgan fingerprint density at radius 3 is 2.26 bits per heavy atom. The first kappa shape index (κ1) is 34.6. The molecule has 47 heavy (non-hydrogen) atoms. The fraction of sp³-hybridized carbons (Fsp3) is 0.568. The predicted octanol–water partition coefficient (Wildman–Crippen LogP) is 5.00. The largest absolute Gasteiger partial charge is 0.490 e. The molecule has 2 N–H and O–H groups in total. The fourth-order valence-electron chi connectivity index (χ4n) is 7.04. The van der Waals surface area contributed by atoms with E-state index in [-0.39, 0.29) is 11.8 Å². The minimum atomic E-state index is -0.724. The van der Waals surface area contributed by atoms with E-state index in [0.29, 0.717) is 62.6 Å².